The molecule has 1 aliphatic rings. The zero-order valence-electron chi connectivity index (χ0n) is 11.7. The molecule has 1 saturated heterocycles. The fourth-order valence-electron chi connectivity index (χ4n) is 2.54. The second kappa shape index (κ2) is 4.81. The predicted octanol–water partition coefficient (Wildman–Crippen LogP) is 2.82. The van der Waals surface area contributed by atoms with E-state index in [0.29, 0.717) is 0 Å². The van der Waals surface area contributed by atoms with E-state index in [2.05, 4.69) is 24.8 Å². The van der Waals surface area contributed by atoms with Crippen LogP contribution in [0.2, 0.25) is 0 Å². The van der Waals surface area contributed by atoms with Gasteiger partial charge in [-0.1, -0.05) is 12.1 Å². The molecule has 0 spiro atoms. The maximum absolute atomic E-state index is 10.1. The van der Waals surface area contributed by atoms with Crippen LogP contribution >= 0.6 is 0 Å². The molecule has 0 amide bonds. The maximum atomic E-state index is 10.1. The van der Waals surface area contributed by atoms with Crippen LogP contribution in [0.3, 0.4) is 0 Å². The molecule has 1 fully saturated rings. The zero-order chi connectivity index (χ0) is 13.3. The zero-order valence-corrected chi connectivity index (χ0v) is 11.7. The van der Waals surface area contributed by atoms with Gasteiger partial charge in [-0.2, -0.15) is 0 Å². The van der Waals surface area contributed by atoms with Gasteiger partial charge in [0.1, 0.15) is 5.75 Å². The predicted molar refractivity (Wildman–Crippen MR) is 74.3 cm³/mol. The van der Waals surface area contributed by atoms with Gasteiger partial charge in [0, 0.05) is 6.54 Å². The Balaban J connectivity index is 2.33. The molecule has 0 bridgehead atoms. The van der Waals surface area contributed by atoms with Crippen LogP contribution in [0.15, 0.2) is 24.3 Å². The minimum absolute atomic E-state index is 0.154. The highest BCUT2D eigenvalue weighted by Crippen LogP contribution is 2.39. The van der Waals surface area contributed by atoms with Crippen molar-refractivity contribution < 1.29 is 9.84 Å². The summed E-state index contributed by atoms with van der Waals surface area (Å²) in [4.78, 5) is 2.25. The van der Waals surface area contributed by atoms with Crippen LogP contribution in [0.4, 0.5) is 5.69 Å². The highest BCUT2D eigenvalue weighted by molar-refractivity contribution is 5.61. The van der Waals surface area contributed by atoms with Crippen LogP contribution in [0.25, 0.3) is 0 Å². The van der Waals surface area contributed by atoms with Gasteiger partial charge in [-0.15, -0.1) is 0 Å². The first-order valence-electron chi connectivity index (χ1n) is 6.64. The van der Waals surface area contributed by atoms with E-state index in [1.807, 2.05) is 32.0 Å². The third-order valence-corrected chi connectivity index (χ3v) is 3.66. The van der Waals surface area contributed by atoms with Crippen molar-refractivity contribution >= 4 is 5.69 Å². The summed E-state index contributed by atoms with van der Waals surface area (Å²) in [5.74, 6) is 0.898. The molecule has 1 heterocycles. The second-order valence-corrected chi connectivity index (χ2v) is 5.74. The molecule has 1 atom stereocenters. The molecule has 18 heavy (non-hydrogen) atoms. The lowest BCUT2D eigenvalue weighted by Crippen LogP contribution is -2.45. The van der Waals surface area contributed by atoms with E-state index in [0.717, 1.165) is 24.4 Å². The van der Waals surface area contributed by atoms with E-state index in [1.54, 1.807) is 0 Å². The number of hydrogen-bond donors (Lipinski definition) is 1. The molecule has 2 rings (SSSR count). The molecule has 0 aliphatic carbocycles. The number of ether oxygens (including phenoxy) is 1. The van der Waals surface area contributed by atoms with Crippen LogP contribution in [-0.2, 0) is 0 Å². The Morgan fingerprint density at radius 3 is 2.56 bits per heavy atom. The fraction of sp³-hybridized carbons (Fsp3) is 0.600. The molecule has 0 saturated carbocycles. The van der Waals surface area contributed by atoms with E-state index >= 15 is 0 Å². The third-order valence-electron chi connectivity index (χ3n) is 3.66. The molecule has 1 aliphatic heterocycles. The van der Waals surface area contributed by atoms with Gasteiger partial charge in [0.2, 0.25) is 0 Å². The highest BCUT2D eigenvalue weighted by Gasteiger charge is 2.41. The van der Waals surface area contributed by atoms with Crippen molar-refractivity contribution in [2.45, 2.75) is 51.9 Å². The van der Waals surface area contributed by atoms with Gasteiger partial charge in [-0.25, -0.2) is 0 Å². The number of rotatable bonds is 3. The molecule has 3 nitrogen and oxygen atoms in total. The number of aliphatic hydroxyl groups is 1. The highest BCUT2D eigenvalue weighted by atomic mass is 16.5. The van der Waals surface area contributed by atoms with Gasteiger partial charge in [0.05, 0.1) is 23.4 Å². The number of benzene rings is 1. The number of para-hydroxylation sites is 2. The number of nitrogens with zero attached hydrogens (tertiary/aromatic N) is 1. The van der Waals surface area contributed by atoms with Crippen molar-refractivity contribution in [1.29, 1.82) is 0 Å². The second-order valence-electron chi connectivity index (χ2n) is 5.74. The summed E-state index contributed by atoms with van der Waals surface area (Å²) in [7, 11) is 0. The Labute approximate surface area is 109 Å². The van der Waals surface area contributed by atoms with Crippen LogP contribution in [-0.4, -0.2) is 29.4 Å². The number of aliphatic hydroxyl groups excluding tert-OH is 1. The van der Waals surface area contributed by atoms with Crippen molar-refractivity contribution in [3.8, 4) is 5.75 Å². The Kier molecular flexibility index (Phi) is 3.53. The normalized spacial score (nSPS) is 22.6. The topological polar surface area (TPSA) is 32.7 Å². The molecule has 1 N–H and O–H groups in total. The van der Waals surface area contributed by atoms with Crippen LogP contribution in [0.5, 0.6) is 5.75 Å². The van der Waals surface area contributed by atoms with Gasteiger partial charge in [0.25, 0.3) is 0 Å². The fourth-order valence-corrected chi connectivity index (χ4v) is 2.54. The van der Waals surface area contributed by atoms with E-state index in [-0.39, 0.29) is 17.7 Å². The van der Waals surface area contributed by atoms with Crippen LogP contribution in [0, 0.1) is 0 Å². The lowest BCUT2D eigenvalue weighted by Gasteiger charge is -2.36. The molecule has 1 unspecified atom stereocenters. The molecule has 1 aromatic carbocycles. The maximum Gasteiger partial charge on any atom is 0.142 e. The van der Waals surface area contributed by atoms with Crippen molar-refractivity contribution in [3.63, 3.8) is 0 Å². The molecular weight excluding hydrogens is 226 g/mol. The molecule has 1 aromatic rings. The summed E-state index contributed by atoms with van der Waals surface area (Å²) in [5, 5.41) is 10.1. The summed E-state index contributed by atoms with van der Waals surface area (Å²) < 4.78 is 5.86. The summed E-state index contributed by atoms with van der Waals surface area (Å²) >= 11 is 0. The van der Waals surface area contributed by atoms with Crippen LogP contribution < -0.4 is 9.64 Å². The third kappa shape index (κ3) is 2.32. The Bertz CT molecular complexity index is 415. The average molecular weight is 249 g/mol. The SMILES string of the molecule is CC(C)Oc1ccccc1N1CCC(O)C1(C)C. The molecule has 0 radical (unpaired) electrons. The first-order chi connectivity index (χ1) is 8.43. The molecular formula is C15H23NO2. The first kappa shape index (κ1) is 13.2. The van der Waals surface area contributed by atoms with Crippen molar-refractivity contribution in [2.24, 2.45) is 0 Å². The molecule has 0 aromatic heterocycles. The van der Waals surface area contributed by atoms with Crippen molar-refractivity contribution in [2.75, 3.05) is 11.4 Å². The van der Waals surface area contributed by atoms with Gasteiger partial charge in [-0.05, 0) is 46.2 Å². The minimum atomic E-state index is -0.287. The van der Waals surface area contributed by atoms with E-state index in [9.17, 15) is 5.11 Å². The van der Waals surface area contributed by atoms with Gasteiger partial charge < -0.3 is 14.7 Å². The lowest BCUT2D eigenvalue weighted by molar-refractivity contribution is 0.127. The quantitative estimate of drug-likeness (QED) is 0.894. The van der Waals surface area contributed by atoms with Crippen molar-refractivity contribution in [1.82, 2.24) is 0 Å². The Morgan fingerprint density at radius 2 is 2.00 bits per heavy atom. The van der Waals surface area contributed by atoms with Crippen molar-refractivity contribution in [3.05, 3.63) is 24.3 Å². The summed E-state index contributed by atoms with van der Waals surface area (Å²) in [6.45, 7) is 9.09. The van der Waals surface area contributed by atoms with Gasteiger partial charge >= 0.3 is 0 Å². The lowest BCUT2D eigenvalue weighted by atomic mass is 9.98. The van der Waals surface area contributed by atoms with E-state index in [4.69, 9.17) is 4.74 Å². The Hall–Kier alpha value is -1.22. The minimum Gasteiger partial charge on any atom is -0.489 e. The number of anilines is 1. The van der Waals surface area contributed by atoms with E-state index < -0.39 is 0 Å². The van der Waals surface area contributed by atoms with Gasteiger partial charge in [-0.3, -0.25) is 0 Å². The summed E-state index contributed by atoms with van der Waals surface area (Å²) in [5.41, 5.74) is 0.837. The smallest absolute Gasteiger partial charge is 0.142 e. The molecule has 3 heteroatoms. The first-order valence-corrected chi connectivity index (χ1v) is 6.64. The monoisotopic (exact) mass is 249 g/mol. The Morgan fingerprint density at radius 1 is 1.33 bits per heavy atom. The summed E-state index contributed by atoms with van der Waals surface area (Å²) in [6.07, 6.45) is 0.676. The van der Waals surface area contributed by atoms with Gasteiger partial charge in [0.15, 0.2) is 0 Å². The largest absolute Gasteiger partial charge is 0.489 e. The molecule has 100 valence electrons. The number of hydrogen-bond acceptors (Lipinski definition) is 3. The van der Waals surface area contributed by atoms with Crippen LogP contribution in [0.1, 0.15) is 34.1 Å². The summed E-state index contributed by atoms with van der Waals surface area (Å²) in [6, 6.07) is 8.07. The standard InChI is InChI=1S/C15H23NO2/c1-11(2)18-13-8-6-5-7-12(13)16-10-9-14(17)15(16,3)4/h5-8,11,14,17H,9-10H2,1-4H3. The van der Waals surface area contributed by atoms with E-state index in [1.165, 1.54) is 0 Å². The average Bonchev–Trinajstić information content (AvgIpc) is 2.54.